The zero-order chi connectivity index (χ0) is 13.1. The van der Waals surface area contributed by atoms with Gasteiger partial charge in [-0.05, 0) is 19.1 Å². The lowest BCUT2D eigenvalue weighted by Gasteiger charge is -2.09. The first kappa shape index (κ1) is 12.4. The maximum absolute atomic E-state index is 5.78. The molecule has 1 aromatic carbocycles. The van der Waals surface area contributed by atoms with Gasteiger partial charge in [-0.1, -0.05) is 0 Å². The fourth-order valence-electron chi connectivity index (χ4n) is 1.73. The average Bonchev–Trinajstić information content (AvgIpc) is 2.87. The lowest BCUT2D eigenvalue weighted by molar-refractivity contribution is 0.395. The van der Waals surface area contributed by atoms with Gasteiger partial charge in [-0.15, -0.1) is 0 Å². The van der Waals surface area contributed by atoms with Crippen molar-refractivity contribution in [1.82, 2.24) is 9.97 Å². The molecule has 96 valence electrons. The van der Waals surface area contributed by atoms with Crippen molar-refractivity contribution in [3.63, 3.8) is 0 Å². The molecule has 0 aliphatic carbocycles. The van der Waals surface area contributed by atoms with Gasteiger partial charge in [0, 0.05) is 11.6 Å². The van der Waals surface area contributed by atoms with Crippen LogP contribution >= 0.6 is 0 Å². The fraction of sp³-hybridized carbons (Fsp3) is 0.308. The number of nitrogens with one attached hydrogen (secondary N) is 1. The lowest BCUT2D eigenvalue weighted by Crippen LogP contribution is -2.06. The predicted molar refractivity (Wildman–Crippen MR) is 69.7 cm³/mol. The van der Waals surface area contributed by atoms with E-state index in [1.54, 1.807) is 20.4 Å². The molecule has 1 aromatic heterocycles. The summed E-state index contributed by atoms with van der Waals surface area (Å²) in [5, 5.41) is 0. The summed E-state index contributed by atoms with van der Waals surface area (Å²) in [7, 11) is 3.25. The monoisotopic (exact) mass is 247 g/mol. The Bertz CT molecular complexity index is 535. The third kappa shape index (κ3) is 2.31. The number of benzene rings is 1. The maximum atomic E-state index is 5.78. The van der Waals surface area contributed by atoms with Gasteiger partial charge < -0.3 is 20.2 Å². The van der Waals surface area contributed by atoms with Crippen molar-refractivity contribution in [3.8, 4) is 22.8 Å². The number of aromatic amines is 1. The summed E-state index contributed by atoms with van der Waals surface area (Å²) in [6, 6.07) is 5.52. The third-order valence-electron chi connectivity index (χ3n) is 2.73. The minimum Gasteiger partial charge on any atom is -0.497 e. The number of methoxy groups -OCH3 is 2. The molecule has 0 bridgehead atoms. The molecule has 1 atom stereocenters. The maximum Gasteiger partial charge on any atom is 0.131 e. The number of H-pyrrole nitrogens is 1. The summed E-state index contributed by atoms with van der Waals surface area (Å²) in [6.45, 7) is 1.88. The quantitative estimate of drug-likeness (QED) is 0.867. The molecule has 0 aliphatic heterocycles. The highest BCUT2D eigenvalue weighted by Crippen LogP contribution is 2.32. The fourth-order valence-corrected chi connectivity index (χ4v) is 1.73. The second-order valence-corrected chi connectivity index (χ2v) is 4.04. The highest BCUT2D eigenvalue weighted by atomic mass is 16.5. The topological polar surface area (TPSA) is 73.2 Å². The molecule has 0 amide bonds. The number of rotatable bonds is 4. The molecule has 5 nitrogen and oxygen atoms in total. The summed E-state index contributed by atoms with van der Waals surface area (Å²) in [6.07, 6.45) is 1.75. The van der Waals surface area contributed by atoms with E-state index in [2.05, 4.69) is 9.97 Å². The van der Waals surface area contributed by atoms with Crippen molar-refractivity contribution in [1.29, 1.82) is 0 Å². The number of nitrogens with two attached hydrogens (primary N) is 1. The van der Waals surface area contributed by atoms with Gasteiger partial charge in [0.2, 0.25) is 0 Å². The van der Waals surface area contributed by atoms with Gasteiger partial charge in [-0.3, -0.25) is 0 Å². The van der Waals surface area contributed by atoms with Crippen LogP contribution in [0.25, 0.3) is 11.3 Å². The number of hydrogen-bond acceptors (Lipinski definition) is 4. The highest BCUT2D eigenvalue weighted by Gasteiger charge is 2.11. The van der Waals surface area contributed by atoms with Gasteiger partial charge in [0.05, 0.1) is 32.2 Å². The van der Waals surface area contributed by atoms with Gasteiger partial charge in [0.25, 0.3) is 0 Å². The Kier molecular flexibility index (Phi) is 3.53. The molecule has 1 unspecified atom stereocenters. The van der Waals surface area contributed by atoms with Gasteiger partial charge in [0.1, 0.15) is 17.3 Å². The first-order chi connectivity index (χ1) is 8.65. The van der Waals surface area contributed by atoms with Crippen LogP contribution in [0.4, 0.5) is 0 Å². The Morgan fingerprint density at radius 1 is 1.28 bits per heavy atom. The van der Waals surface area contributed by atoms with Gasteiger partial charge in [-0.25, -0.2) is 4.98 Å². The molecule has 2 rings (SSSR count). The van der Waals surface area contributed by atoms with Crippen LogP contribution in [0, 0.1) is 0 Å². The van der Waals surface area contributed by atoms with Gasteiger partial charge in [0.15, 0.2) is 0 Å². The molecule has 1 heterocycles. The summed E-state index contributed by atoms with van der Waals surface area (Å²) in [5.74, 6) is 2.24. The minimum absolute atomic E-state index is 0.122. The Morgan fingerprint density at radius 2 is 2.06 bits per heavy atom. The molecule has 0 aliphatic rings. The zero-order valence-electron chi connectivity index (χ0n) is 10.7. The smallest absolute Gasteiger partial charge is 0.131 e. The molecular weight excluding hydrogens is 230 g/mol. The van der Waals surface area contributed by atoms with E-state index < -0.39 is 0 Å². The minimum atomic E-state index is -0.122. The Hall–Kier alpha value is -2.01. The number of imidazole rings is 1. The van der Waals surface area contributed by atoms with Crippen LogP contribution in [0.15, 0.2) is 24.4 Å². The second-order valence-electron chi connectivity index (χ2n) is 4.04. The van der Waals surface area contributed by atoms with Crippen molar-refractivity contribution in [2.45, 2.75) is 13.0 Å². The normalized spacial score (nSPS) is 12.2. The van der Waals surface area contributed by atoms with Crippen LogP contribution in [-0.2, 0) is 0 Å². The third-order valence-corrected chi connectivity index (χ3v) is 2.73. The Balaban J connectivity index is 2.42. The molecule has 0 spiro atoms. The van der Waals surface area contributed by atoms with Crippen molar-refractivity contribution in [3.05, 3.63) is 30.2 Å². The molecule has 0 saturated carbocycles. The number of aromatic nitrogens is 2. The highest BCUT2D eigenvalue weighted by molar-refractivity contribution is 5.68. The van der Waals surface area contributed by atoms with Crippen molar-refractivity contribution < 1.29 is 9.47 Å². The van der Waals surface area contributed by atoms with Crippen LogP contribution in [0.3, 0.4) is 0 Å². The van der Waals surface area contributed by atoms with E-state index in [9.17, 15) is 0 Å². The molecule has 0 radical (unpaired) electrons. The van der Waals surface area contributed by atoms with E-state index in [0.29, 0.717) is 0 Å². The van der Waals surface area contributed by atoms with Gasteiger partial charge >= 0.3 is 0 Å². The molecule has 0 saturated heterocycles. The van der Waals surface area contributed by atoms with E-state index in [0.717, 1.165) is 28.6 Å². The second kappa shape index (κ2) is 5.10. The Morgan fingerprint density at radius 3 is 2.61 bits per heavy atom. The van der Waals surface area contributed by atoms with Crippen molar-refractivity contribution >= 4 is 0 Å². The number of nitrogens with zero attached hydrogens (tertiary/aromatic N) is 1. The van der Waals surface area contributed by atoms with E-state index in [4.69, 9.17) is 15.2 Å². The van der Waals surface area contributed by atoms with Crippen LogP contribution in [0.2, 0.25) is 0 Å². The first-order valence-electron chi connectivity index (χ1n) is 5.68. The van der Waals surface area contributed by atoms with E-state index in [1.807, 2.05) is 25.1 Å². The molecule has 5 heteroatoms. The van der Waals surface area contributed by atoms with E-state index >= 15 is 0 Å². The summed E-state index contributed by atoms with van der Waals surface area (Å²) < 4.78 is 10.5. The summed E-state index contributed by atoms with van der Waals surface area (Å²) in [4.78, 5) is 7.43. The number of hydrogen-bond donors (Lipinski definition) is 2. The summed E-state index contributed by atoms with van der Waals surface area (Å²) >= 11 is 0. The molecule has 3 N–H and O–H groups in total. The van der Waals surface area contributed by atoms with Crippen LogP contribution in [-0.4, -0.2) is 24.2 Å². The SMILES string of the molecule is COc1ccc(-c2cnc(C(C)N)[nH]2)c(OC)c1. The van der Waals surface area contributed by atoms with Gasteiger partial charge in [-0.2, -0.15) is 0 Å². The first-order valence-corrected chi connectivity index (χ1v) is 5.68. The largest absolute Gasteiger partial charge is 0.497 e. The van der Waals surface area contributed by atoms with Crippen molar-refractivity contribution in [2.24, 2.45) is 5.73 Å². The molecule has 2 aromatic rings. The summed E-state index contributed by atoms with van der Waals surface area (Å²) in [5.41, 5.74) is 7.58. The van der Waals surface area contributed by atoms with E-state index in [-0.39, 0.29) is 6.04 Å². The lowest BCUT2D eigenvalue weighted by atomic mass is 10.1. The molecular formula is C13H17N3O2. The predicted octanol–water partition coefficient (Wildman–Crippen LogP) is 2.11. The standard InChI is InChI=1S/C13H17N3O2/c1-8(14)13-15-7-11(16-13)10-5-4-9(17-2)6-12(10)18-3/h4-8H,14H2,1-3H3,(H,15,16). The van der Waals surface area contributed by atoms with Crippen molar-refractivity contribution in [2.75, 3.05) is 14.2 Å². The van der Waals surface area contributed by atoms with Crippen LogP contribution in [0.5, 0.6) is 11.5 Å². The van der Waals surface area contributed by atoms with E-state index in [1.165, 1.54) is 0 Å². The number of ether oxygens (including phenoxy) is 2. The molecule has 0 fully saturated rings. The molecule has 18 heavy (non-hydrogen) atoms. The average molecular weight is 247 g/mol. The van der Waals surface area contributed by atoms with Crippen LogP contribution < -0.4 is 15.2 Å². The Labute approximate surface area is 106 Å². The zero-order valence-corrected chi connectivity index (χ0v) is 10.7. The van der Waals surface area contributed by atoms with Crippen LogP contribution in [0.1, 0.15) is 18.8 Å².